The van der Waals surface area contributed by atoms with E-state index in [-0.39, 0.29) is 11.7 Å². The summed E-state index contributed by atoms with van der Waals surface area (Å²) in [6.45, 7) is 5.36. The molecule has 1 aromatic rings. The van der Waals surface area contributed by atoms with Gasteiger partial charge < -0.3 is 10.1 Å². The largest absolute Gasteiger partial charge is 0.385 e. The highest BCUT2D eigenvalue weighted by molar-refractivity contribution is 6.31. The lowest BCUT2D eigenvalue weighted by atomic mass is 10.2. The van der Waals surface area contributed by atoms with Gasteiger partial charge >= 0.3 is 0 Å². The van der Waals surface area contributed by atoms with E-state index < -0.39 is 0 Å². The van der Waals surface area contributed by atoms with E-state index in [2.05, 4.69) is 15.1 Å². The molecule has 0 saturated carbocycles. The molecule has 0 bridgehead atoms. The number of amides is 1. The summed E-state index contributed by atoms with van der Waals surface area (Å²) in [5, 5.41) is 3.36. The number of nitrogens with one attached hydrogen (secondary N) is 1. The van der Waals surface area contributed by atoms with Crippen LogP contribution in [-0.2, 0) is 16.1 Å². The molecule has 0 radical (unpaired) electrons. The lowest BCUT2D eigenvalue weighted by Crippen LogP contribution is -2.49. The van der Waals surface area contributed by atoms with E-state index in [9.17, 15) is 9.18 Å². The molecule has 1 amide bonds. The van der Waals surface area contributed by atoms with Gasteiger partial charge in [-0.3, -0.25) is 14.6 Å². The lowest BCUT2D eigenvalue weighted by Gasteiger charge is -2.34. The smallest absolute Gasteiger partial charge is 0.234 e. The van der Waals surface area contributed by atoms with Gasteiger partial charge in [0.15, 0.2) is 0 Å². The number of ether oxygens (including phenoxy) is 1. The lowest BCUT2D eigenvalue weighted by molar-refractivity contribution is -0.122. The van der Waals surface area contributed by atoms with E-state index >= 15 is 0 Å². The van der Waals surface area contributed by atoms with Crippen molar-refractivity contribution < 1.29 is 13.9 Å². The van der Waals surface area contributed by atoms with Gasteiger partial charge in [0.25, 0.3) is 0 Å². The molecule has 134 valence electrons. The molecular weight excluding hydrogens is 333 g/mol. The predicted octanol–water partition coefficient (Wildman–Crippen LogP) is 1.75. The van der Waals surface area contributed by atoms with Crippen LogP contribution in [0.15, 0.2) is 18.2 Å². The number of hydrogen-bond acceptors (Lipinski definition) is 4. The number of nitrogens with zero attached hydrogens (tertiary/aromatic N) is 2. The number of piperazine rings is 1. The van der Waals surface area contributed by atoms with Crippen molar-refractivity contribution in [3.05, 3.63) is 34.6 Å². The molecule has 2 rings (SSSR count). The van der Waals surface area contributed by atoms with Crippen LogP contribution in [0.1, 0.15) is 12.0 Å². The fourth-order valence-electron chi connectivity index (χ4n) is 2.72. The molecule has 1 saturated heterocycles. The monoisotopic (exact) mass is 357 g/mol. The molecule has 0 spiro atoms. The van der Waals surface area contributed by atoms with Crippen LogP contribution in [0.4, 0.5) is 4.39 Å². The maximum absolute atomic E-state index is 13.8. The van der Waals surface area contributed by atoms with Gasteiger partial charge in [0, 0.05) is 63.6 Å². The predicted molar refractivity (Wildman–Crippen MR) is 92.6 cm³/mol. The maximum Gasteiger partial charge on any atom is 0.234 e. The standard InChI is InChI=1S/C17H25ClFN3O2/c1-24-11-3-6-20-17(23)13-22-9-7-21(8-10-22)12-14-15(18)4-2-5-16(14)19/h2,4-5H,3,6-13H2,1H3,(H,20,23). The Hall–Kier alpha value is -1.21. The molecule has 1 heterocycles. The summed E-state index contributed by atoms with van der Waals surface area (Å²) in [4.78, 5) is 16.1. The van der Waals surface area contributed by atoms with Crippen LogP contribution in [0.2, 0.25) is 5.02 Å². The average Bonchev–Trinajstić information content (AvgIpc) is 2.57. The van der Waals surface area contributed by atoms with Gasteiger partial charge in [-0.2, -0.15) is 0 Å². The van der Waals surface area contributed by atoms with Gasteiger partial charge in [-0.15, -0.1) is 0 Å². The van der Waals surface area contributed by atoms with Crippen LogP contribution >= 0.6 is 11.6 Å². The van der Waals surface area contributed by atoms with Crippen molar-refractivity contribution >= 4 is 17.5 Å². The summed E-state index contributed by atoms with van der Waals surface area (Å²) in [6.07, 6.45) is 0.819. The van der Waals surface area contributed by atoms with E-state index in [1.165, 1.54) is 6.07 Å². The first-order valence-electron chi connectivity index (χ1n) is 8.23. The Morgan fingerprint density at radius 3 is 2.67 bits per heavy atom. The second kappa shape index (κ2) is 9.93. The number of methoxy groups -OCH3 is 1. The molecule has 0 atom stereocenters. The van der Waals surface area contributed by atoms with Crippen LogP contribution in [0.5, 0.6) is 0 Å². The molecule has 5 nitrogen and oxygen atoms in total. The third kappa shape index (κ3) is 6.02. The zero-order valence-electron chi connectivity index (χ0n) is 14.1. The summed E-state index contributed by atoms with van der Waals surface area (Å²) >= 11 is 6.08. The maximum atomic E-state index is 13.8. The Bertz CT molecular complexity index is 516. The van der Waals surface area contributed by atoms with Crippen molar-refractivity contribution in [1.29, 1.82) is 0 Å². The summed E-state index contributed by atoms with van der Waals surface area (Å²) in [5.41, 5.74) is 0.545. The number of halogens is 2. The minimum atomic E-state index is -0.264. The normalized spacial score (nSPS) is 16.3. The summed E-state index contributed by atoms with van der Waals surface area (Å²) in [6, 6.07) is 4.76. The third-order valence-corrected chi connectivity index (χ3v) is 4.48. The van der Waals surface area contributed by atoms with Gasteiger partial charge in [-0.25, -0.2) is 4.39 Å². The van der Waals surface area contributed by atoms with Crippen molar-refractivity contribution in [3.8, 4) is 0 Å². The van der Waals surface area contributed by atoms with Gasteiger partial charge in [-0.05, 0) is 18.6 Å². The molecular formula is C17H25ClFN3O2. The fourth-order valence-corrected chi connectivity index (χ4v) is 2.94. The molecule has 1 aliphatic heterocycles. The van der Waals surface area contributed by atoms with Gasteiger partial charge in [0.1, 0.15) is 5.82 Å². The Morgan fingerprint density at radius 2 is 2.00 bits per heavy atom. The van der Waals surface area contributed by atoms with Crippen LogP contribution in [0, 0.1) is 5.82 Å². The molecule has 0 aromatic heterocycles. The summed E-state index contributed by atoms with van der Waals surface area (Å²) in [5.74, 6) is -0.225. The Balaban J connectivity index is 1.70. The van der Waals surface area contributed by atoms with Crippen molar-refractivity contribution in [2.45, 2.75) is 13.0 Å². The fraction of sp³-hybridized carbons (Fsp3) is 0.588. The van der Waals surface area contributed by atoms with Crippen molar-refractivity contribution in [2.24, 2.45) is 0 Å². The molecule has 0 aliphatic carbocycles. The second-order valence-electron chi connectivity index (χ2n) is 5.95. The van der Waals surface area contributed by atoms with Gasteiger partial charge in [0.2, 0.25) is 5.91 Å². The van der Waals surface area contributed by atoms with Gasteiger partial charge in [-0.1, -0.05) is 17.7 Å². The molecule has 24 heavy (non-hydrogen) atoms. The summed E-state index contributed by atoms with van der Waals surface area (Å²) < 4.78 is 18.8. The number of hydrogen-bond donors (Lipinski definition) is 1. The highest BCUT2D eigenvalue weighted by Crippen LogP contribution is 2.21. The topological polar surface area (TPSA) is 44.8 Å². The van der Waals surface area contributed by atoms with Crippen LogP contribution in [0.25, 0.3) is 0 Å². The Labute approximate surface area is 147 Å². The highest BCUT2D eigenvalue weighted by atomic mass is 35.5. The molecule has 1 aliphatic rings. The van der Waals surface area contributed by atoms with Crippen LogP contribution in [-0.4, -0.2) is 68.7 Å². The van der Waals surface area contributed by atoms with Crippen molar-refractivity contribution in [2.75, 3.05) is 53.0 Å². The number of carbonyl (C=O) groups excluding carboxylic acids is 1. The zero-order chi connectivity index (χ0) is 17.4. The van der Waals surface area contributed by atoms with E-state index in [1.54, 1.807) is 19.2 Å². The first-order valence-corrected chi connectivity index (χ1v) is 8.61. The minimum Gasteiger partial charge on any atom is -0.385 e. The second-order valence-corrected chi connectivity index (χ2v) is 6.36. The Morgan fingerprint density at radius 1 is 1.29 bits per heavy atom. The first-order chi connectivity index (χ1) is 11.6. The SMILES string of the molecule is COCCCNC(=O)CN1CCN(Cc2c(F)cccc2Cl)CC1. The van der Waals surface area contributed by atoms with E-state index in [0.717, 1.165) is 32.6 Å². The molecule has 1 aromatic carbocycles. The summed E-state index contributed by atoms with van der Waals surface area (Å²) in [7, 11) is 1.65. The average molecular weight is 358 g/mol. The third-order valence-electron chi connectivity index (χ3n) is 4.12. The molecule has 7 heteroatoms. The number of rotatable bonds is 8. The molecule has 1 N–H and O–H groups in total. The molecule has 0 unspecified atom stereocenters. The minimum absolute atomic E-state index is 0.0386. The van der Waals surface area contributed by atoms with E-state index in [1.807, 2.05) is 0 Å². The van der Waals surface area contributed by atoms with Gasteiger partial charge in [0.05, 0.1) is 6.54 Å². The van der Waals surface area contributed by atoms with Crippen molar-refractivity contribution in [1.82, 2.24) is 15.1 Å². The first kappa shape index (κ1) is 19.1. The number of benzene rings is 1. The molecule has 1 fully saturated rings. The highest BCUT2D eigenvalue weighted by Gasteiger charge is 2.20. The quantitative estimate of drug-likeness (QED) is 0.720. The van der Waals surface area contributed by atoms with Crippen LogP contribution in [0.3, 0.4) is 0 Å². The Kier molecular flexibility index (Phi) is 7.91. The number of carbonyl (C=O) groups is 1. The zero-order valence-corrected chi connectivity index (χ0v) is 14.8. The van der Waals surface area contributed by atoms with Crippen molar-refractivity contribution in [3.63, 3.8) is 0 Å². The van der Waals surface area contributed by atoms with E-state index in [0.29, 0.717) is 36.8 Å². The van der Waals surface area contributed by atoms with Crippen LogP contribution < -0.4 is 5.32 Å². The van der Waals surface area contributed by atoms with E-state index in [4.69, 9.17) is 16.3 Å².